The molecule has 8 aromatic rings. The second-order valence-electron chi connectivity index (χ2n) is 12.2. The summed E-state index contributed by atoms with van der Waals surface area (Å²) in [5, 5.41) is 2.02. The number of hydrogen-bond acceptors (Lipinski definition) is 3. The van der Waals surface area contributed by atoms with Crippen molar-refractivity contribution in [2.24, 2.45) is 0 Å². The molecule has 0 saturated heterocycles. The van der Waals surface area contributed by atoms with E-state index in [4.69, 9.17) is 6.57 Å². The maximum atomic E-state index is 15.0. The van der Waals surface area contributed by atoms with Crippen molar-refractivity contribution in [3.8, 4) is 39.2 Å². The summed E-state index contributed by atoms with van der Waals surface area (Å²) < 4.78 is 2.07. The average molecular weight is 643 g/mol. The van der Waals surface area contributed by atoms with Gasteiger partial charge in [-0.05, 0) is 53.6 Å². The third-order valence-corrected chi connectivity index (χ3v) is 9.38. The van der Waals surface area contributed by atoms with Crippen LogP contribution in [-0.4, -0.2) is 21.4 Å². The largest absolute Gasteiger partial charge is 0.361 e. The number of para-hydroxylation sites is 2. The highest BCUT2D eigenvalue weighted by atomic mass is 16.2. The highest BCUT2D eigenvalue weighted by molar-refractivity contribution is 6.37. The summed E-state index contributed by atoms with van der Waals surface area (Å²) in [6, 6.07) is 50.7. The molecule has 1 aliphatic heterocycles. The summed E-state index contributed by atoms with van der Waals surface area (Å²) in [7, 11) is 0. The Morgan fingerprint density at radius 2 is 1.14 bits per heavy atom. The van der Waals surface area contributed by atoms with Gasteiger partial charge in [-0.15, -0.1) is 4.98 Å². The second-order valence-corrected chi connectivity index (χ2v) is 12.2. The first-order valence-electron chi connectivity index (χ1n) is 16.3. The van der Waals surface area contributed by atoms with Crippen LogP contribution in [0.25, 0.3) is 65.8 Å². The lowest BCUT2D eigenvalue weighted by molar-refractivity contribution is 0.0926. The van der Waals surface area contributed by atoms with Crippen molar-refractivity contribution in [2.75, 3.05) is 4.90 Å². The monoisotopic (exact) mass is 642 g/mol. The summed E-state index contributed by atoms with van der Waals surface area (Å²) in [5.74, 6) is -0.428. The van der Waals surface area contributed by atoms with E-state index in [2.05, 4.69) is 26.5 Å². The van der Waals surface area contributed by atoms with Crippen LogP contribution in [0.1, 0.15) is 20.7 Å². The third-order valence-electron chi connectivity index (χ3n) is 9.38. The first-order chi connectivity index (χ1) is 24.6. The summed E-state index contributed by atoms with van der Waals surface area (Å²) in [4.78, 5) is 39.0. The molecule has 0 unspecified atom stereocenters. The molecule has 50 heavy (non-hydrogen) atoms. The van der Waals surface area contributed by atoms with E-state index >= 15 is 0 Å². The zero-order chi connectivity index (χ0) is 33.8. The highest BCUT2D eigenvalue weighted by Gasteiger charge is 2.41. The van der Waals surface area contributed by atoms with E-state index in [9.17, 15) is 9.59 Å². The SMILES string of the molecule is [C-]#[N+]c1cccc(-c2ccc3c4ccccc4n(-c4cccc5c4C(=O)N(c4c(-c6ccccc6)cccc4-c4ccccc4)C5=O)c3c2)n1. The fourth-order valence-corrected chi connectivity index (χ4v) is 7.18. The number of imide groups is 1. The van der Waals surface area contributed by atoms with Crippen LogP contribution in [0.5, 0.6) is 0 Å². The van der Waals surface area contributed by atoms with Crippen molar-refractivity contribution < 1.29 is 9.59 Å². The molecule has 0 aliphatic carbocycles. The quantitative estimate of drug-likeness (QED) is 0.139. The Morgan fingerprint density at radius 1 is 0.520 bits per heavy atom. The van der Waals surface area contributed by atoms with Crippen molar-refractivity contribution in [1.82, 2.24) is 9.55 Å². The highest BCUT2D eigenvalue weighted by Crippen LogP contribution is 2.45. The Morgan fingerprint density at radius 3 is 1.86 bits per heavy atom. The van der Waals surface area contributed by atoms with Crippen molar-refractivity contribution in [3.05, 3.63) is 180 Å². The molecule has 2 amide bonds. The van der Waals surface area contributed by atoms with E-state index in [0.717, 1.165) is 49.6 Å². The predicted octanol–water partition coefficient (Wildman–Crippen LogP) is 10.5. The molecule has 0 atom stereocenters. The van der Waals surface area contributed by atoms with Gasteiger partial charge in [0.1, 0.15) is 0 Å². The van der Waals surface area contributed by atoms with Crippen LogP contribution in [-0.2, 0) is 0 Å². The standard InChI is InChI=1S/C44H26N4O2/c1-45-40-24-12-21-36(46-40)30-25-26-34-33-17-8-9-22-37(33)47(39(34)27-30)38-23-11-20-35-41(38)44(50)48(43(35)49)42-31(28-13-4-2-5-14-28)18-10-19-32(42)29-15-6-3-7-16-29/h2-27H. The van der Waals surface area contributed by atoms with Crippen LogP contribution in [0, 0.1) is 6.57 Å². The first-order valence-corrected chi connectivity index (χ1v) is 16.3. The normalized spacial score (nSPS) is 12.4. The Kier molecular flexibility index (Phi) is 6.72. The number of amides is 2. The lowest BCUT2D eigenvalue weighted by atomic mass is 9.95. The van der Waals surface area contributed by atoms with Crippen LogP contribution in [0.4, 0.5) is 11.5 Å². The molecule has 6 heteroatoms. The summed E-state index contributed by atoms with van der Waals surface area (Å²) >= 11 is 0. The number of aromatic nitrogens is 2. The zero-order valence-corrected chi connectivity index (χ0v) is 26.6. The number of fused-ring (bicyclic) bond motifs is 4. The Hall–Kier alpha value is -7.10. The number of carbonyl (C=O) groups is 2. The fourth-order valence-electron chi connectivity index (χ4n) is 7.18. The summed E-state index contributed by atoms with van der Waals surface area (Å²) in [6.07, 6.45) is 0. The first kappa shape index (κ1) is 29.1. The second kappa shape index (κ2) is 11.6. The molecular formula is C44H26N4O2. The van der Waals surface area contributed by atoms with E-state index in [1.165, 1.54) is 4.90 Å². The van der Waals surface area contributed by atoms with Gasteiger partial charge in [0.25, 0.3) is 17.6 Å². The number of pyridine rings is 1. The molecule has 6 nitrogen and oxygen atoms in total. The van der Waals surface area contributed by atoms with Crippen LogP contribution < -0.4 is 4.90 Å². The molecule has 3 heterocycles. The lowest BCUT2D eigenvalue weighted by Crippen LogP contribution is -2.30. The van der Waals surface area contributed by atoms with E-state index in [1.807, 2.05) is 133 Å². The third kappa shape index (κ3) is 4.45. The summed E-state index contributed by atoms with van der Waals surface area (Å²) in [6.45, 7) is 7.46. The zero-order valence-electron chi connectivity index (χ0n) is 26.6. The van der Waals surface area contributed by atoms with Crippen molar-refractivity contribution >= 4 is 45.1 Å². The molecule has 0 fully saturated rings. The van der Waals surface area contributed by atoms with Gasteiger partial charge in [-0.2, -0.15) is 0 Å². The van der Waals surface area contributed by atoms with Crippen molar-refractivity contribution in [3.63, 3.8) is 0 Å². The molecule has 0 N–H and O–H groups in total. The Balaban J connectivity index is 1.28. The minimum Gasteiger partial charge on any atom is -0.361 e. The van der Waals surface area contributed by atoms with Gasteiger partial charge < -0.3 is 9.41 Å². The van der Waals surface area contributed by atoms with Crippen molar-refractivity contribution in [2.45, 2.75) is 0 Å². The maximum Gasteiger partial charge on any atom is 0.270 e. The van der Waals surface area contributed by atoms with Crippen LogP contribution in [0.3, 0.4) is 0 Å². The number of hydrogen-bond donors (Lipinski definition) is 0. The minimum atomic E-state index is -0.380. The van der Waals surface area contributed by atoms with E-state index in [0.29, 0.717) is 34.0 Å². The number of nitrogens with zero attached hydrogens (tertiary/aromatic N) is 4. The minimum absolute atomic E-state index is 0.318. The van der Waals surface area contributed by atoms with E-state index in [-0.39, 0.29) is 11.8 Å². The van der Waals surface area contributed by atoms with Gasteiger partial charge in [0.2, 0.25) is 0 Å². The number of anilines is 1. The number of rotatable bonds is 5. The van der Waals surface area contributed by atoms with Crippen molar-refractivity contribution in [1.29, 1.82) is 0 Å². The Bertz CT molecular complexity index is 2650. The Labute approximate surface area is 287 Å². The number of benzene rings is 6. The molecule has 0 spiro atoms. The molecule has 0 saturated carbocycles. The van der Waals surface area contributed by atoms with Gasteiger partial charge in [-0.1, -0.05) is 122 Å². The lowest BCUT2D eigenvalue weighted by Gasteiger charge is -2.23. The smallest absolute Gasteiger partial charge is 0.270 e. The van der Waals surface area contributed by atoms with Crippen LogP contribution in [0.2, 0.25) is 0 Å². The molecule has 1 aliphatic rings. The maximum absolute atomic E-state index is 15.0. The van der Waals surface area contributed by atoms with Gasteiger partial charge in [0, 0.05) is 27.5 Å². The molecule has 6 aromatic carbocycles. The summed E-state index contributed by atoms with van der Waals surface area (Å²) in [5.41, 5.74) is 8.55. The molecular weight excluding hydrogens is 617 g/mol. The van der Waals surface area contributed by atoms with Gasteiger partial charge >= 0.3 is 0 Å². The van der Waals surface area contributed by atoms with Gasteiger partial charge in [0.15, 0.2) is 5.69 Å². The van der Waals surface area contributed by atoms with Crippen LogP contribution in [0.15, 0.2) is 158 Å². The predicted molar refractivity (Wildman–Crippen MR) is 199 cm³/mol. The van der Waals surface area contributed by atoms with Gasteiger partial charge in [0.05, 0.1) is 33.5 Å². The average Bonchev–Trinajstić information content (AvgIpc) is 3.65. The topological polar surface area (TPSA) is 59.6 Å². The molecule has 0 radical (unpaired) electrons. The van der Waals surface area contributed by atoms with E-state index < -0.39 is 0 Å². The van der Waals surface area contributed by atoms with Crippen LogP contribution >= 0.6 is 0 Å². The van der Waals surface area contributed by atoms with Gasteiger partial charge in [-0.3, -0.25) is 9.59 Å². The molecule has 2 aromatic heterocycles. The molecule has 0 bridgehead atoms. The van der Waals surface area contributed by atoms with Gasteiger partial charge in [-0.25, -0.2) is 4.90 Å². The van der Waals surface area contributed by atoms with E-state index in [1.54, 1.807) is 12.1 Å². The molecule has 234 valence electrons. The number of carbonyl (C=O) groups excluding carboxylic acids is 2. The fraction of sp³-hybridized carbons (Fsp3) is 0. The molecule has 9 rings (SSSR count).